The van der Waals surface area contributed by atoms with Crippen LogP contribution in [0.25, 0.3) is 0 Å². The number of ether oxygens (including phenoxy) is 2. The van der Waals surface area contributed by atoms with E-state index in [1.165, 1.54) is 0 Å². The Labute approximate surface area is 112 Å². The normalized spacial score (nSPS) is 17.9. The molecule has 0 aromatic carbocycles. The molecule has 2 rings (SSSR count). The molecule has 6 heteroatoms. The molecule has 0 unspecified atom stereocenters. The molecule has 0 saturated carbocycles. The van der Waals surface area contributed by atoms with Crippen LogP contribution in [0, 0.1) is 0 Å². The predicted molar refractivity (Wildman–Crippen MR) is 69.0 cm³/mol. The third kappa shape index (κ3) is 4.08. The lowest BCUT2D eigenvalue weighted by Gasteiger charge is -2.31. The third-order valence-corrected chi connectivity index (χ3v) is 3.21. The van der Waals surface area contributed by atoms with E-state index in [4.69, 9.17) is 21.1 Å². The highest BCUT2D eigenvalue weighted by atomic mass is 35.5. The summed E-state index contributed by atoms with van der Waals surface area (Å²) >= 11 is 5.72. The molecule has 2 heterocycles. The number of hydrogen-bond donors (Lipinski definition) is 0. The van der Waals surface area contributed by atoms with Crippen molar-refractivity contribution in [1.82, 2.24) is 14.9 Å². The van der Waals surface area contributed by atoms with Crippen molar-refractivity contribution in [2.24, 2.45) is 0 Å². The Kier molecular flexibility index (Phi) is 5.16. The Bertz CT molecular complexity index is 353. The van der Waals surface area contributed by atoms with Crippen molar-refractivity contribution in [2.45, 2.75) is 18.9 Å². The van der Waals surface area contributed by atoms with Crippen LogP contribution in [0.15, 0.2) is 12.4 Å². The first-order valence-corrected chi connectivity index (χ1v) is 6.51. The molecule has 0 radical (unpaired) electrons. The molecule has 1 saturated heterocycles. The second-order valence-electron chi connectivity index (χ2n) is 4.34. The second kappa shape index (κ2) is 6.87. The van der Waals surface area contributed by atoms with Crippen molar-refractivity contribution in [3.63, 3.8) is 0 Å². The van der Waals surface area contributed by atoms with Gasteiger partial charge in [0.25, 0.3) is 0 Å². The molecular formula is C12H18ClN3O2. The van der Waals surface area contributed by atoms with E-state index < -0.39 is 0 Å². The molecule has 0 amide bonds. The van der Waals surface area contributed by atoms with Crippen molar-refractivity contribution in [2.75, 3.05) is 33.4 Å². The molecule has 1 aromatic rings. The van der Waals surface area contributed by atoms with E-state index in [1.807, 2.05) is 0 Å². The van der Waals surface area contributed by atoms with Crippen molar-refractivity contribution >= 4 is 11.6 Å². The summed E-state index contributed by atoms with van der Waals surface area (Å²) in [4.78, 5) is 10.5. The Morgan fingerprint density at radius 3 is 2.61 bits per heavy atom. The van der Waals surface area contributed by atoms with Crippen molar-refractivity contribution in [3.8, 4) is 6.01 Å². The summed E-state index contributed by atoms with van der Waals surface area (Å²) in [7, 11) is 1.73. The number of rotatable bonds is 5. The Hall–Kier alpha value is -0.910. The van der Waals surface area contributed by atoms with E-state index in [1.54, 1.807) is 19.5 Å². The molecule has 18 heavy (non-hydrogen) atoms. The average Bonchev–Trinajstić information content (AvgIpc) is 2.41. The summed E-state index contributed by atoms with van der Waals surface area (Å²) in [6.45, 7) is 3.83. The standard InChI is InChI=1S/C12H18ClN3O2/c1-17-7-6-16-4-2-11(3-5-16)18-12-14-8-10(13)9-15-12/h8-9,11H,2-7H2,1H3. The van der Waals surface area contributed by atoms with Gasteiger partial charge in [-0.15, -0.1) is 0 Å². The number of likely N-dealkylation sites (tertiary alicyclic amines) is 1. The molecule has 100 valence electrons. The molecular weight excluding hydrogens is 254 g/mol. The maximum Gasteiger partial charge on any atom is 0.316 e. The van der Waals surface area contributed by atoms with E-state index >= 15 is 0 Å². The smallest absolute Gasteiger partial charge is 0.316 e. The van der Waals surface area contributed by atoms with Gasteiger partial charge in [-0.25, -0.2) is 9.97 Å². The van der Waals surface area contributed by atoms with E-state index in [0.717, 1.165) is 39.1 Å². The maximum atomic E-state index is 5.72. The molecule has 0 bridgehead atoms. The number of halogens is 1. The lowest BCUT2D eigenvalue weighted by Crippen LogP contribution is -2.39. The fourth-order valence-electron chi connectivity index (χ4n) is 1.98. The highest BCUT2D eigenvalue weighted by molar-refractivity contribution is 6.30. The van der Waals surface area contributed by atoms with E-state index in [2.05, 4.69) is 14.9 Å². The van der Waals surface area contributed by atoms with Gasteiger partial charge in [0.2, 0.25) is 0 Å². The zero-order chi connectivity index (χ0) is 12.8. The van der Waals surface area contributed by atoms with Crippen LogP contribution in [0.2, 0.25) is 5.02 Å². The van der Waals surface area contributed by atoms with Gasteiger partial charge in [0.05, 0.1) is 24.0 Å². The fourth-order valence-corrected chi connectivity index (χ4v) is 2.08. The highest BCUT2D eigenvalue weighted by Crippen LogP contribution is 2.16. The van der Waals surface area contributed by atoms with Crippen LogP contribution < -0.4 is 4.74 Å². The summed E-state index contributed by atoms with van der Waals surface area (Å²) in [5.41, 5.74) is 0. The van der Waals surface area contributed by atoms with Gasteiger partial charge >= 0.3 is 6.01 Å². The zero-order valence-electron chi connectivity index (χ0n) is 10.5. The highest BCUT2D eigenvalue weighted by Gasteiger charge is 2.20. The van der Waals surface area contributed by atoms with Crippen LogP contribution in [0.1, 0.15) is 12.8 Å². The molecule has 0 aliphatic carbocycles. The number of methoxy groups -OCH3 is 1. The Morgan fingerprint density at radius 2 is 2.00 bits per heavy atom. The molecule has 5 nitrogen and oxygen atoms in total. The topological polar surface area (TPSA) is 47.5 Å². The van der Waals surface area contributed by atoms with Gasteiger partial charge in [0.1, 0.15) is 6.10 Å². The van der Waals surface area contributed by atoms with Crippen molar-refractivity contribution in [1.29, 1.82) is 0 Å². The predicted octanol–water partition coefficient (Wildman–Crippen LogP) is 1.62. The molecule has 0 atom stereocenters. The number of nitrogens with zero attached hydrogens (tertiary/aromatic N) is 3. The van der Waals surface area contributed by atoms with Crippen LogP contribution in [0.5, 0.6) is 6.01 Å². The monoisotopic (exact) mass is 271 g/mol. The van der Waals surface area contributed by atoms with Gasteiger partial charge in [-0.05, 0) is 12.8 Å². The summed E-state index contributed by atoms with van der Waals surface area (Å²) < 4.78 is 10.8. The van der Waals surface area contributed by atoms with Crippen LogP contribution in [-0.2, 0) is 4.74 Å². The summed E-state index contributed by atoms with van der Waals surface area (Å²) in [5.74, 6) is 0. The largest absolute Gasteiger partial charge is 0.460 e. The zero-order valence-corrected chi connectivity index (χ0v) is 11.3. The summed E-state index contributed by atoms with van der Waals surface area (Å²) in [5, 5.41) is 0.525. The van der Waals surface area contributed by atoms with Crippen molar-refractivity contribution in [3.05, 3.63) is 17.4 Å². The molecule has 1 fully saturated rings. The van der Waals surface area contributed by atoms with Crippen LogP contribution in [0.4, 0.5) is 0 Å². The lowest BCUT2D eigenvalue weighted by atomic mass is 10.1. The van der Waals surface area contributed by atoms with Crippen LogP contribution in [0.3, 0.4) is 0 Å². The number of aromatic nitrogens is 2. The molecule has 1 aliphatic heterocycles. The maximum absolute atomic E-state index is 5.72. The second-order valence-corrected chi connectivity index (χ2v) is 4.77. The first kappa shape index (κ1) is 13.5. The van der Waals surface area contributed by atoms with Crippen LogP contribution in [-0.4, -0.2) is 54.3 Å². The minimum Gasteiger partial charge on any atom is -0.460 e. The minimum absolute atomic E-state index is 0.199. The first-order valence-electron chi connectivity index (χ1n) is 6.13. The summed E-state index contributed by atoms with van der Waals surface area (Å²) in [6.07, 6.45) is 5.30. The Morgan fingerprint density at radius 1 is 1.33 bits per heavy atom. The third-order valence-electron chi connectivity index (χ3n) is 3.01. The van der Waals surface area contributed by atoms with Crippen molar-refractivity contribution < 1.29 is 9.47 Å². The van der Waals surface area contributed by atoms with Gasteiger partial charge in [-0.1, -0.05) is 11.6 Å². The molecule has 1 aromatic heterocycles. The number of piperidine rings is 1. The number of hydrogen-bond acceptors (Lipinski definition) is 5. The minimum atomic E-state index is 0.199. The SMILES string of the molecule is COCCN1CCC(Oc2ncc(Cl)cn2)CC1. The van der Waals surface area contributed by atoms with Gasteiger partial charge in [-0.3, -0.25) is 0 Å². The lowest BCUT2D eigenvalue weighted by molar-refractivity contribution is 0.0745. The van der Waals surface area contributed by atoms with E-state index in [9.17, 15) is 0 Å². The average molecular weight is 272 g/mol. The first-order chi connectivity index (χ1) is 8.78. The fraction of sp³-hybridized carbons (Fsp3) is 0.667. The molecule has 0 spiro atoms. The summed E-state index contributed by atoms with van der Waals surface area (Å²) in [6, 6.07) is 0.412. The Balaban J connectivity index is 1.74. The van der Waals surface area contributed by atoms with Gasteiger partial charge < -0.3 is 14.4 Å². The van der Waals surface area contributed by atoms with E-state index in [0.29, 0.717) is 11.0 Å². The van der Waals surface area contributed by atoms with Gasteiger partial charge in [0, 0.05) is 26.7 Å². The molecule has 1 aliphatic rings. The molecule has 0 N–H and O–H groups in total. The van der Waals surface area contributed by atoms with Gasteiger partial charge in [-0.2, -0.15) is 0 Å². The van der Waals surface area contributed by atoms with Gasteiger partial charge in [0.15, 0.2) is 0 Å². The van der Waals surface area contributed by atoms with E-state index in [-0.39, 0.29) is 6.10 Å². The quantitative estimate of drug-likeness (QED) is 0.814. The van der Waals surface area contributed by atoms with Crippen LogP contribution >= 0.6 is 11.6 Å².